The molecule has 124 valence electrons. The number of benzene rings is 1. The summed E-state index contributed by atoms with van der Waals surface area (Å²) in [7, 11) is -1.70. The maximum atomic E-state index is 13.5. The Morgan fingerprint density at radius 1 is 1.09 bits per heavy atom. The minimum Gasteiger partial charge on any atom is -0.724 e. The number of thiophene rings is 1. The molecule has 1 aromatic carbocycles. The molecule has 2 aromatic rings. The number of hydrogen-bond donors (Lipinski definition) is 0. The van der Waals surface area contributed by atoms with Crippen LogP contribution in [0.2, 0.25) is 0 Å². The number of halogens is 3. The number of hydrogen-bond acceptors (Lipinski definition) is 1. The van der Waals surface area contributed by atoms with E-state index in [1.807, 2.05) is 18.2 Å². The van der Waals surface area contributed by atoms with Gasteiger partial charge in [0.25, 0.3) is 0 Å². The Bertz CT molecular complexity index is 679. The molecule has 0 aliphatic heterocycles. The van der Waals surface area contributed by atoms with E-state index in [-0.39, 0.29) is 5.92 Å². The Kier molecular flexibility index (Phi) is 5.97. The maximum absolute atomic E-state index is 13.5. The van der Waals surface area contributed by atoms with Crippen molar-refractivity contribution in [2.45, 2.75) is 50.0 Å². The molecule has 0 radical (unpaired) electrons. The zero-order valence-corrected chi connectivity index (χ0v) is 13.4. The predicted molar refractivity (Wildman–Crippen MR) is 87.2 cm³/mol. The summed E-state index contributed by atoms with van der Waals surface area (Å²) >= 11 is 0. The van der Waals surface area contributed by atoms with Crippen molar-refractivity contribution in [3.63, 3.8) is 0 Å². The largest absolute Gasteiger partial charge is 0.724 e. The maximum Gasteiger partial charge on any atom is 0.600 e. The molecular weight excluding hydrogens is 323 g/mol. The highest BCUT2D eigenvalue weighted by molar-refractivity contribution is 7.38. The van der Waals surface area contributed by atoms with Crippen LogP contribution in [0.4, 0.5) is 13.2 Å². The molecule has 1 saturated carbocycles. The van der Waals surface area contributed by atoms with Crippen LogP contribution in [0.3, 0.4) is 0 Å². The molecule has 0 bridgehead atoms. The molecule has 1 aliphatic carbocycles. The van der Waals surface area contributed by atoms with Crippen molar-refractivity contribution in [1.82, 2.24) is 0 Å². The van der Waals surface area contributed by atoms with Crippen LogP contribution in [0.15, 0.2) is 30.3 Å². The first-order valence-electron chi connectivity index (χ1n) is 7.62. The van der Waals surface area contributed by atoms with Crippen LogP contribution in [-0.4, -0.2) is 6.08 Å². The fraction of sp³-hybridized carbons (Fsp3) is 0.471. The summed E-state index contributed by atoms with van der Waals surface area (Å²) in [5.41, 5.74) is -4.15. The number of fused-ring (bicyclic) bond motifs is 1. The molecule has 1 fully saturated rings. The van der Waals surface area contributed by atoms with Gasteiger partial charge in [-0.3, -0.25) is 4.79 Å². The number of alkyl halides is 3. The van der Waals surface area contributed by atoms with E-state index >= 15 is 0 Å². The fourth-order valence-electron chi connectivity index (χ4n) is 3.23. The smallest absolute Gasteiger partial charge is 0.600 e. The Labute approximate surface area is 135 Å². The Hall–Kier alpha value is -1.65. The zero-order valence-electron chi connectivity index (χ0n) is 12.6. The van der Waals surface area contributed by atoms with E-state index in [0.29, 0.717) is 15.7 Å². The summed E-state index contributed by atoms with van der Waals surface area (Å²) < 4.78 is 41.0. The molecule has 1 aromatic heterocycles. The van der Waals surface area contributed by atoms with Gasteiger partial charge in [0.2, 0.25) is 0 Å². The van der Waals surface area contributed by atoms with E-state index in [4.69, 9.17) is 10.2 Å². The first kappa shape index (κ1) is 17.7. The first-order chi connectivity index (χ1) is 11.0. The molecule has 0 N–H and O–H groups in total. The normalized spacial score (nSPS) is 17.1. The predicted octanol–water partition coefficient (Wildman–Crippen LogP) is 6.39. The summed E-state index contributed by atoms with van der Waals surface area (Å²) in [6, 6.07) is 8.82. The molecule has 1 heterocycles. The Morgan fingerprint density at radius 2 is 1.65 bits per heavy atom. The average molecular weight is 341 g/mol. The quantitative estimate of drug-likeness (QED) is 0.256. The van der Waals surface area contributed by atoms with Gasteiger partial charge in [-0.05, 0) is 31.1 Å². The molecule has 0 amide bonds. The summed E-state index contributed by atoms with van der Waals surface area (Å²) in [4.78, 5) is 8.88. The molecule has 1 aliphatic rings. The van der Waals surface area contributed by atoms with Gasteiger partial charge < -0.3 is 5.41 Å². The molecule has 2 nitrogen and oxygen atoms in total. The lowest BCUT2D eigenvalue weighted by Gasteiger charge is -2.10. The van der Waals surface area contributed by atoms with Crippen LogP contribution >= 0.6 is 10.5 Å². The van der Waals surface area contributed by atoms with Crippen LogP contribution in [0.5, 0.6) is 0 Å². The van der Waals surface area contributed by atoms with Crippen LogP contribution in [0, 0.1) is 0 Å². The van der Waals surface area contributed by atoms with Crippen molar-refractivity contribution in [2.75, 3.05) is 0 Å². The van der Waals surface area contributed by atoms with Gasteiger partial charge in [-0.15, -0.1) is 13.2 Å². The zero-order chi connectivity index (χ0) is 16.9. The van der Waals surface area contributed by atoms with Gasteiger partial charge in [0.15, 0.2) is 9.58 Å². The lowest BCUT2D eigenvalue weighted by molar-refractivity contribution is -0.0868. The molecular formula is C17H18F3NOS. The van der Waals surface area contributed by atoms with Gasteiger partial charge in [-0.25, -0.2) is 0 Å². The van der Waals surface area contributed by atoms with Crippen molar-refractivity contribution >= 4 is 26.6 Å². The van der Waals surface area contributed by atoms with E-state index < -0.39 is 16.0 Å². The number of isocyanates is 1. The minimum absolute atomic E-state index is 0.120. The third-order valence-corrected chi connectivity index (χ3v) is 6.36. The summed E-state index contributed by atoms with van der Waals surface area (Å²) in [6.45, 7) is 0. The third-order valence-electron chi connectivity index (χ3n) is 4.16. The van der Waals surface area contributed by atoms with E-state index in [1.165, 1.54) is 0 Å². The molecule has 6 heteroatoms. The van der Waals surface area contributed by atoms with Gasteiger partial charge in [0, 0.05) is 17.4 Å². The van der Waals surface area contributed by atoms with Gasteiger partial charge in [0.05, 0.1) is 10.5 Å². The minimum atomic E-state index is -4.15. The first-order valence-corrected chi connectivity index (χ1v) is 8.84. The molecule has 0 spiro atoms. The van der Waals surface area contributed by atoms with Crippen LogP contribution < -0.4 is 0 Å². The standard InChI is InChI=1S/C16H18F3S.CNO/c17-16(18,19)20-14-10-6-5-9-13(14)11-15(20)12-7-3-1-2-4-8-12;2-1-3/h5-6,9-12H,1-4,7-8H2;/q+1;-1. The van der Waals surface area contributed by atoms with Crippen molar-refractivity contribution in [3.05, 3.63) is 40.6 Å². The summed E-state index contributed by atoms with van der Waals surface area (Å²) in [5, 5.41) is 7.53. The number of carbonyl (C=O) groups excluding carboxylic acids is 1. The highest BCUT2D eigenvalue weighted by Crippen LogP contribution is 2.54. The summed E-state index contributed by atoms with van der Waals surface area (Å²) in [5.74, 6) is 0.120. The van der Waals surface area contributed by atoms with Gasteiger partial charge in [0.1, 0.15) is 0 Å². The highest BCUT2D eigenvalue weighted by Gasteiger charge is 2.49. The lowest BCUT2D eigenvalue weighted by atomic mass is 9.98. The van der Waals surface area contributed by atoms with Crippen molar-refractivity contribution in [3.8, 4) is 0 Å². The van der Waals surface area contributed by atoms with Crippen LogP contribution in [0.1, 0.15) is 49.3 Å². The fourth-order valence-corrected chi connectivity index (χ4v) is 5.39. The second-order valence-corrected chi connectivity index (χ2v) is 7.60. The van der Waals surface area contributed by atoms with Gasteiger partial charge in [-0.2, -0.15) is 0 Å². The van der Waals surface area contributed by atoms with E-state index in [0.717, 1.165) is 43.9 Å². The van der Waals surface area contributed by atoms with E-state index in [9.17, 15) is 13.2 Å². The van der Waals surface area contributed by atoms with Gasteiger partial charge in [-0.1, -0.05) is 37.8 Å². The second kappa shape index (κ2) is 7.75. The third kappa shape index (κ3) is 4.21. The molecule has 0 saturated heterocycles. The van der Waals surface area contributed by atoms with E-state index in [2.05, 4.69) is 0 Å². The second-order valence-electron chi connectivity index (χ2n) is 5.62. The van der Waals surface area contributed by atoms with Crippen LogP contribution in [0.25, 0.3) is 15.5 Å². The number of nitrogens with zero attached hydrogens (tertiary/aromatic N) is 1. The highest BCUT2D eigenvalue weighted by atomic mass is 32.2. The average Bonchev–Trinajstić information content (AvgIpc) is 2.68. The van der Waals surface area contributed by atoms with Crippen molar-refractivity contribution in [2.24, 2.45) is 0 Å². The molecule has 1 unspecified atom stereocenters. The van der Waals surface area contributed by atoms with Crippen molar-refractivity contribution < 1.29 is 18.0 Å². The Morgan fingerprint density at radius 3 is 2.22 bits per heavy atom. The topological polar surface area (TPSA) is 39.4 Å². The van der Waals surface area contributed by atoms with Gasteiger partial charge >= 0.3 is 5.51 Å². The van der Waals surface area contributed by atoms with Crippen LogP contribution in [-0.2, 0) is 10.3 Å². The lowest BCUT2D eigenvalue weighted by Crippen LogP contribution is -2.02. The summed E-state index contributed by atoms with van der Waals surface area (Å²) in [6.07, 6.45) is 6.78. The molecule has 1 atom stereocenters. The monoisotopic (exact) mass is 341 g/mol. The Balaban J connectivity index is 0.000000595. The number of rotatable bonds is 1. The van der Waals surface area contributed by atoms with Crippen molar-refractivity contribution in [1.29, 1.82) is 0 Å². The SMILES string of the molecule is FC(F)(F)[s+]1c(C2CCCCCC2)cc2ccccc21.[N-]=C=O. The van der Waals surface area contributed by atoms with E-state index in [1.54, 1.807) is 12.1 Å². The molecule has 23 heavy (non-hydrogen) atoms. The molecule has 3 rings (SSSR count).